The summed E-state index contributed by atoms with van der Waals surface area (Å²) >= 11 is 0. The molecule has 4 fully saturated rings. The minimum atomic E-state index is -0.212. The summed E-state index contributed by atoms with van der Waals surface area (Å²) in [6.07, 6.45) is 3.67. The molecule has 0 spiro atoms. The summed E-state index contributed by atoms with van der Waals surface area (Å²) in [5, 5.41) is 0.259. The van der Waals surface area contributed by atoms with Gasteiger partial charge in [-0.3, -0.25) is 0 Å². The number of hydrogen-bond donors (Lipinski definition) is 0. The zero-order valence-corrected chi connectivity index (χ0v) is 15.4. The van der Waals surface area contributed by atoms with Gasteiger partial charge in [0.25, 0.3) is 0 Å². The Morgan fingerprint density at radius 2 is 1.43 bits per heavy atom. The second kappa shape index (κ2) is 4.43. The SMILES string of the molecule is CC(C)c1ccccc1C12CC(B3OC(C)(C)C(C)(C)O3)(C1)C2. The van der Waals surface area contributed by atoms with Crippen LogP contribution < -0.4 is 0 Å². The smallest absolute Gasteiger partial charge is 0.403 e. The predicted molar refractivity (Wildman–Crippen MR) is 94.8 cm³/mol. The first-order valence-electron chi connectivity index (χ1n) is 9.06. The highest BCUT2D eigenvalue weighted by Gasteiger charge is 2.77. The van der Waals surface area contributed by atoms with Crippen LogP contribution in [0.1, 0.15) is 77.8 Å². The van der Waals surface area contributed by atoms with Gasteiger partial charge in [0.2, 0.25) is 0 Å². The highest BCUT2D eigenvalue weighted by atomic mass is 16.7. The molecule has 0 N–H and O–H groups in total. The van der Waals surface area contributed by atoms with E-state index in [0.717, 1.165) is 0 Å². The lowest BCUT2D eigenvalue weighted by Gasteiger charge is -2.71. The Bertz CT molecular complexity index is 611. The van der Waals surface area contributed by atoms with Crippen LogP contribution in [0, 0.1) is 0 Å². The second-order valence-electron chi connectivity index (χ2n) is 9.50. The van der Waals surface area contributed by atoms with E-state index in [1.165, 1.54) is 24.8 Å². The Hall–Kier alpha value is -0.795. The third-order valence-corrected chi connectivity index (χ3v) is 6.98. The molecule has 0 atom stereocenters. The molecule has 0 unspecified atom stereocenters. The van der Waals surface area contributed by atoms with Crippen molar-refractivity contribution in [3.63, 3.8) is 0 Å². The van der Waals surface area contributed by atoms with E-state index < -0.39 is 0 Å². The molecule has 1 aromatic carbocycles. The minimum absolute atomic E-state index is 0.0272. The van der Waals surface area contributed by atoms with Crippen molar-refractivity contribution in [1.82, 2.24) is 0 Å². The Morgan fingerprint density at radius 3 is 1.96 bits per heavy atom. The van der Waals surface area contributed by atoms with Crippen LogP contribution in [-0.4, -0.2) is 18.3 Å². The van der Waals surface area contributed by atoms with Crippen molar-refractivity contribution in [2.45, 2.75) is 88.7 Å². The van der Waals surface area contributed by atoms with E-state index in [-0.39, 0.29) is 23.6 Å². The summed E-state index contributed by atoms with van der Waals surface area (Å²) in [6.45, 7) is 13.2. The van der Waals surface area contributed by atoms with Gasteiger partial charge in [-0.15, -0.1) is 0 Å². The van der Waals surface area contributed by atoms with Crippen LogP contribution in [0.15, 0.2) is 24.3 Å². The Labute approximate surface area is 141 Å². The van der Waals surface area contributed by atoms with E-state index in [1.807, 2.05) is 0 Å². The molecule has 0 radical (unpaired) electrons. The number of benzene rings is 1. The van der Waals surface area contributed by atoms with Gasteiger partial charge in [-0.05, 0) is 69.4 Å². The predicted octanol–water partition coefficient (Wildman–Crippen LogP) is 5.08. The highest BCUT2D eigenvalue weighted by Crippen LogP contribution is 2.81. The lowest BCUT2D eigenvalue weighted by molar-refractivity contribution is -0.0390. The fourth-order valence-electron chi connectivity index (χ4n) is 4.98. The molecule has 2 nitrogen and oxygen atoms in total. The van der Waals surface area contributed by atoms with E-state index in [0.29, 0.717) is 11.3 Å². The maximum Gasteiger partial charge on any atom is 0.464 e. The molecule has 1 aromatic rings. The molecule has 1 aliphatic heterocycles. The van der Waals surface area contributed by atoms with Crippen LogP contribution in [0.2, 0.25) is 5.31 Å². The van der Waals surface area contributed by atoms with E-state index in [1.54, 1.807) is 5.56 Å². The van der Waals surface area contributed by atoms with Crippen molar-refractivity contribution in [3.8, 4) is 0 Å². The van der Waals surface area contributed by atoms with Gasteiger partial charge in [0.05, 0.1) is 11.2 Å². The summed E-state index contributed by atoms with van der Waals surface area (Å²) in [7, 11) is -0.0272. The first-order valence-corrected chi connectivity index (χ1v) is 9.06. The largest absolute Gasteiger partial charge is 0.464 e. The average molecular weight is 312 g/mol. The Balaban J connectivity index is 1.54. The summed E-state index contributed by atoms with van der Waals surface area (Å²) in [5.41, 5.74) is 3.07. The molecule has 3 saturated carbocycles. The first-order chi connectivity index (χ1) is 10.6. The van der Waals surface area contributed by atoms with Crippen LogP contribution in [-0.2, 0) is 14.7 Å². The molecule has 0 aromatic heterocycles. The van der Waals surface area contributed by atoms with E-state index >= 15 is 0 Å². The maximum atomic E-state index is 6.35. The molecular weight excluding hydrogens is 283 g/mol. The molecule has 124 valence electrons. The van der Waals surface area contributed by atoms with E-state index in [2.05, 4.69) is 65.8 Å². The second-order valence-corrected chi connectivity index (χ2v) is 9.50. The van der Waals surface area contributed by atoms with Gasteiger partial charge < -0.3 is 9.31 Å². The Morgan fingerprint density at radius 1 is 0.913 bits per heavy atom. The van der Waals surface area contributed by atoms with Gasteiger partial charge in [-0.1, -0.05) is 38.1 Å². The monoisotopic (exact) mass is 312 g/mol. The zero-order valence-electron chi connectivity index (χ0n) is 15.4. The van der Waals surface area contributed by atoms with E-state index in [4.69, 9.17) is 9.31 Å². The van der Waals surface area contributed by atoms with Crippen LogP contribution in [0.25, 0.3) is 0 Å². The van der Waals surface area contributed by atoms with Gasteiger partial charge >= 0.3 is 7.12 Å². The molecule has 1 saturated heterocycles. The van der Waals surface area contributed by atoms with Crippen molar-refractivity contribution in [2.75, 3.05) is 0 Å². The normalized spacial score (nSPS) is 36.7. The maximum absolute atomic E-state index is 6.35. The van der Waals surface area contributed by atoms with E-state index in [9.17, 15) is 0 Å². The Kier molecular flexibility index (Phi) is 3.03. The van der Waals surface area contributed by atoms with Gasteiger partial charge in [0, 0.05) is 5.31 Å². The average Bonchev–Trinajstić information content (AvgIpc) is 2.55. The molecule has 1 heterocycles. The molecule has 2 bridgehead atoms. The first kappa shape index (κ1) is 15.7. The van der Waals surface area contributed by atoms with Crippen LogP contribution in [0.3, 0.4) is 0 Å². The van der Waals surface area contributed by atoms with Gasteiger partial charge in [0.15, 0.2) is 0 Å². The highest BCUT2D eigenvalue weighted by molar-refractivity contribution is 6.51. The number of rotatable bonds is 3. The third-order valence-electron chi connectivity index (χ3n) is 6.98. The molecule has 23 heavy (non-hydrogen) atoms. The molecule has 4 aliphatic rings. The van der Waals surface area contributed by atoms with Crippen molar-refractivity contribution < 1.29 is 9.31 Å². The van der Waals surface area contributed by atoms with Crippen LogP contribution in [0.5, 0.6) is 0 Å². The topological polar surface area (TPSA) is 18.5 Å². The van der Waals surface area contributed by atoms with Gasteiger partial charge in [0.1, 0.15) is 0 Å². The standard InChI is InChI=1S/C20H29BO2/c1-14(2)15-9-7-8-10-16(15)19-11-20(12-19,13-19)21-22-17(3,4)18(5,6)23-21/h7-10,14H,11-13H2,1-6H3. The van der Waals surface area contributed by atoms with Crippen molar-refractivity contribution >= 4 is 7.12 Å². The molecule has 5 rings (SSSR count). The molecule has 3 aliphatic carbocycles. The van der Waals surface area contributed by atoms with Crippen LogP contribution in [0.4, 0.5) is 0 Å². The number of hydrogen-bond acceptors (Lipinski definition) is 2. The van der Waals surface area contributed by atoms with Gasteiger partial charge in [-0.25, -0.2) is 0 Å². The third kappa shape index (κ3) is 1.96. The fraction of sp³-hybridized carbons (Fsp3) is 0.700. The summed E-state index contributed by atoms with van der Waals surface area (Å²) in [5.74, 6) is 0.591. The zero-order chi connectivity index (χ0) is 16.7. The van der Waals surface area contributed by atoms with Crippen LogP contribution >= 0.6 is 0 Å². The molecule has 0 amide bonds. The summed E-state index contributed by atoms with van der Waals surface area (Å²) < 4.78 is 12.7. The van der Waals surface area contributed by atoms with Crippen molar-refractivity contribution in [3.05, 3.63) is 35.4 Å². The quantitative estimate of drug-likeness (QED) is 0.725. The summed E-state index contributed by atoms with van der Waals surface area (Å²) in [6, 6.07) is 9.03. The fourth-order valence-corrected chi connectivity index (χ4v) is 4.98. The minimum Gasteiger partial charge on any atom is -0.403 e. The summed E-state index contributed by atoms with van der Waals surface area (Å²) in [4.78, 5) is 0. The lowest BCUT2D eigenvalue weighted by Crippen LogP contribution is -2.66. The molecular formula is C20H29BO2. The van der Waals surface area contributed by atoms with Crippen molar-refractivity contribution in [2.24, 2.45) is 0 Å². The lowest BCUT2D eigenvalue weighted by atomic mass is 9.23. The molecule has 3 heteroatoms. The van der Waals surface area contributed by atoms with Gasteiger partial charge in [-0.2, -0.15) is 0 Å². The van der Waals surface area contributed by atoms with Crippen molar-refractivity contribution in [1.29, 1.82) is 0 Å².